The fraction of sp³-hybridized carbons (Fsp3) is 0.286. The highest BCUT2D eigenvalue weighted by Crippen LogP contribution is 2.33. The van der Waals surface area contributed by atoms with Crippen molar-refractivity contribution in [1.82, 2.24) is 0 Å². The first-order valence-electron chi connectivity index (χ1n) is 5.93. The second-order valence-corrected chi connectivity index (χ2v) is 7.89. The highest BCUT2D eigenvalue weighted by atomic mass is 79.9. The average Bonchev–Trinajstić information content (AvgIpc) is 2.67. The zero-order valence-corrected chi connectivity index (χ0v) is 15.1. The van der Waals surface area contributed by atoms with Crippen LogP contribution < -0.4 is 10.2 Å². The van der Waals surface area contributed by atoms with Gasteiger partial charge in [-0.25, -0.2) is 0 Å². The van der Waals surface area contributed by atoms with Gasteiger partial charge in [0.1, 0.15) is 0 Å². The van der Waals surface area contributed by atoms with Crippen molar-refractivity contribution in [1.29, 1.82) is 0 Å². The maximum absolute atomic E-state index is 3.52. The summed E-state index contributed by atoms with van der Waals surface area (Å²) in [7, 11) is 4.14. The molecule has 1 N–H and O–H groups in total. The monoisotopic (exact) mass is 402 g/mol. The summed E-state index contributed by atoms with van der Waals surface area (Å²) in [5.41, 5.74) is 3.69. The first-order valence-corrected chi connectivity index (χ1v) is 8.33. The Morgan fingerprint density at radius 1 is 1.21 bits per heavy atom. The van der Waals surface area contributed by atoms with Crippen LogP contribution in [-0.2, 0) is 6.54 Å². The molecule has 1 heterocycles. The minimum atomic E-state index is 0.838. The van der Waals surface area contributed by atoms with E-state index in [1.807, 2.05) is 0 Å². The van der Waals surface area contributed by atoms with Crippen LogP contribution >= 0.6 is 43.2 Å². The van der Waals surface area contributed by atoms with Gasteiger partial charge in [-0.2, -0.15) is 0 Å². The molecule has 0 saturated heterocycles. The van der Waals surface area contributed by atoms with Crippen LogP contribution in [0.4, 0.5) is 11.4 Å². The van der Waals surface area contributed by atoms with Crippen LogP contribution in [0.2, 0.25) is 0 Å². The van der Waals surface area contributed by atoms with Crippen molar-refractivity contribution in [3.05, 3.63) is 43.0 Å². The minimum absolute atomic E-state index is 0.838. The summed E-state index contributed by atoms with van der Waals surface area (Å²) < 4.78 is 2.26. The molecule has 19 heavy (non-hydrogen) atoms. The maximum Gasteiger partial charge on any atom is 0.0843 e. The molecule has 0 atom stereocenters. The molecule has 2 rings (SSSR count). The summed E-state index contributed by atoms with van der Waals surface area (Å²) in [6, 6.07) is 8.60. The number of rotatable bonds is 4. The fourth-order valence-electron chi connectivity index (χ4n) is 1.87. The quantitative estimate of drug-likeness (QED) is 0.748. The lowest BCUT2D eigenvalue weighted by Crippen LogP contribution is -2.10. The molecule has 0 spiro atoms. The third-order valence-electron chi connectivity index (χ3n) is 2.85. The molecule has 0 fully saturated rings. The number of hydrogen-bond acceptors (Lipinski definition) is 3. The van der Waals surface area contributed by atoms with Gasteiger partial charge in [-0.3, -0.25) is 0 Å². The summed E-state index contributed by atoms with van der Waals surface area (Å²) in [6.07, 6.45) is 0. The third kappa shape index (κ3) is 3.74. The van der Waals surface area contributed by atoms with Crippen LogP contribution in [0.25, 0.3) is 0 Å². The number of thiophene rings is 1. The van der Waals surface area contributed by atoms with Gasteiger partial charge in [0, 0.05) is 41.4 Å². The standard InChI is InChI=1S/C14H16Br2N2S/c1-9-4-5-10(6-13(9)18(2)3)17-8-11-7-12(15)14(16)19-11/h4-7,17H,8H2,1-3H3. The van der Waals surface area contributed by atoms with Crippen LogP contribution in [0.3, 0.4) is 0 Å². The predicted molar refractivity (Wildman–Crippen MR) is 92.6 cm³/mol. The van der Waals surface area contributed by atoms with E-state index < -0.39 is 0 Å². The molecule has 1 aromatic carbocycles. The van der Waals surface area contributed by atoms with Crippen LogP contribution in [0.5, 0.6) is 0 Å². The molecule has 2 aromatic rings. The van der Waals surface area contributed by atoms with Gasteiger partial charge in [-0.05, 0) is 62.5 Å². The Morgan fingerprint density at radius 3 is 2.53 bits per heavy atom. The molecular formula is C14H16Br2N2S. The summed E-state index contributed by atoms with van der Waals surface area (Å²) >= 11 is 8.78. The number of nitrogens with zero attached hydrogens (tertiary/aromatic N) is 1. The van der Waals surface area contributed by atoms with Crippen LogP contribution in [-0.4, -0.2) is 14.1 Å². The van der Waals surface area contributed by atoms with Crippen LogP contribution in [0.1, 0.15) is 10.4 Å². The second-order valence-electron chi connectivity index (χ2n) is 4.58. The Kier molecular flexibility index (Phi) is 4.92. The van der Waals surface area contributed by atoms with Gasteiger partial charge in [-0.1, -0.05) is 6.07 Å². The lowest BCUT2D eigenvalue weighted by molar-refractivity contribution is 1.11. The van der Waals surface area contributed by atoms with E-state index in [0.29, 0.717) is 0 Å². The molecule has 1 aromatic heterocycles. The van der Waals surface area contributed by atoms with E-state index in [0.717, 1.165) is 20.5 Å². The van der Waals surface area contributed by atoms with Crippen molar-refractivity contribution in [3.8, 4) is 0 Å². The maximum atomic E-state index is 3.52. The number of benzene rings is 1. The van der Waals surface area contributed by atoms with E-state index in [-0.39, 0.29) is 0 Å². The van der Waals surface area contributed by atoms with E-state index in [4.69, 9.17) is 0 Å². The van der Waals surface area contributed by atoms with Crippen LogP contribution in [0.15, 0.2) is 32.5 Å². The molecule has 5 heteroatoms. The van der Waals surface area contributed by atoms with Gasteiger partial charge in [0.2, 0.25) is 0 Å². The topological polar surface area (TPSA) is 15.3 Å². The van der Waals surface area contributed by atoms with E-state index in [2.05, 4.69) is 87.4 Å². The molecule has 0 bridgehead atoms. The van der Waals surface area contributed by atoms with Crippen molar-refractivity contribution in [2.75, 3.05) is 24.3 Å². The molecule has 0 radical (unpaired) electrons. The molecule has 102 valence electrons. The molecule has 0 saturated carbocycles. The Hall–Kier alpha value is -0.520. The number of nitrogens with one attached hydrogen (secondary N) is 1. The van der Waals surface area contributed by atoms with Gasteiger partial charge in [-0.15, -0.1) is 11.3 Å². The van der Waals surface area contributed by atoms with Crippen molar-refractivity contribution in [2.45, 2.75) is 13.5 Å². The number of hydrogen-bond donors (Lipinski definition) is 1. The summed E-state index contributed by atoms with van der Waals surface area (Å²) in [6.45, 7) is 2.97. The Bertz CT molecular complexity index is 559. The van der Waals surface area contributed by atoms with Crippen molar-refractivity contribution >= 4 is 54.6 Å². The van der Waals surface area contributed by atoms with E-state index in [1.54, 1.807) is 11.3 Å². The highest BCUT2D eigenvalue weighted by molar-refractivity contribution is 9.13. The first kappa shape index (κ1) is 14.9. The Balaban J connectivity index is 2.09. The zero-order chi connectivity index (χ0) is 14.0. The molecular weight excluding hydrogens is 388 g/mol. The summed E-state index contributed by atoms with van der Waals surface area (Å²) in [4.78, 5) is 3.43. The third-order valence-corrected chi connectivity index (χ3v) is 6.11. The predicted octanol–water partition coefficient (Wildman–Crippen LogP) is 5.26. The van der Waals surface area contributed by atoms with Gasteiger partial charge in [0.05, 0.1) is 3.79 Å². The highest BCUT2D eigenvalue weighted by Gasteiger charge is 2.05. The van der Waals surface area contributed by atoms with Gasteiger partial charge in [0.25, 0.3) is 0 Å². The van der Waals surface area contributed by atoms with E-state index in [9.17, 15) is 0 Å². The Morgan fingerprint density at radius 2 is 1.95 bits per heavy atom. The van der Waals surface area contributed by atoms with Crippen LogP contribution in [0, 0.1) is 6.92 Å². The summed E-state index contributed by atoms with van der Waals surface area (Å²) in [5.74, 6) is 0. The number of anilines is 2. The number of halogens is 2. The van der Waals surface area contributed by atoms with Crippen molar-refractivity contribution in [2.24, 2.45) is 0 Å². The molecule has 0 aliphatic heterocycles. The summed E-state index contributed by atoms with van der Waals surface area (Å²) in [5, 5.41) is 3.47. The minimum Gasteiger partial charge on any atom is -0.380 e. The lowest BCUT2D eigenvalue weighted by atomic mass is 10.1. The SMILES string of the molecule is Cc1ccc(NCc2cc(Br)c(Br)s2)cc1N(C)C. The number of aryl methyl sites for hydroxylation is 1. The normalized spacial score (nSPS) is 10.6. The van der Waals surface area contributed by atoms with Gasteiger partial charge in [0.15, 0.2) is 0 Å². The fourth-order valence-corrected chi connectivity index (χ4v) is 3.99. The molecule has 0 amide bonds. The molecule has 0 unspecified atom stereocenters. The van der Waals surface area contributed by atoms with Crippen molar-refractivity contribution < 1.29 is 0 Å². The van der Waals surface area contributed by atoms with Gasteiger partial charge < -0.3 is 10.2 Å². The largest absolute Gasteiger partial charge is 0.380 e. The second kappa shape index (κ2) is 6.29. The lowest BCUT2D eigenvalue weighted by Gasteiger charge is -2.17. The Labute approximate surface area is 135 Å². The molecule has 2 nitrogen and oxygen atoms in total. The molecule has 0 aliphatic rings. The van der Waals surface area contributed by atoms with Crippen molar-refractivity contribution in [3.63, 3.8) is 0 Å². The molecule has 0 aliphatic carbocycles. The van der Waals surface area contributed by atoms with E-state index >= 15 is 0 Å². The first-order chi connectivity index (χ1) is 8.97. The zero-order valence-electron chi connectivity index (χ0n) is 11.1. The smallest absolute Gasteiger partial charge is 0.0843 e. The van der Waals surface area contributed by atoms with Gasteiger partial charge >= 0.3 is 0 Å². The average molecular weight is 404 g/mol. The van der Waals surface area contributed by atoms with E-state index in [1.165, 1.54) is 16.1 Å².